The van der Waals surface area contributed by atoms with Gasteiger partial charge in [-0.1, -0.05) is 22.0 Å². The van der Waals surface area contributed by atoms with Crippen LogP contribution in [0.4, 0.5) is 4.39 Å². The van der Waals surface area contributed by atoms with E-state index in [1.165, 1.54) is 11.0 Å². The molecule has 0 bridgehead atoms. The fourth-order valence-corrected chi connectivity index (χ4v) is 2.49. The lowest BCUT2D eigenvalue weighted by atomic mass is 10.2. The molecule has 1 nitrogen and oxygen atoms in total. The lowest BCUT2D eigenvalue weighted by molar-refractivity contribution is 0.470. The Hall–Kier alpha value is -1.00. The van der Waals surface area contributed by atoms with E-state index in [1.54, 1.807) is 23.9 Å². The van der Waals surface area contributed by atoms with Crippen LogP contribution in [0.2, 0.25) is 0 Å². The van der Waals surface area contributed by atoms with Gasteiger partial charge < -0.3 is 4.74 Å². The number of hydrogen-bond donors (Lipinski definition) is 0. The average molecular weight is 327 g/mol. The molecule has 0 aliphatic carbocycles. The Morgan fingerprint density at radius 2 is 1.89 bits per heavy atom. The average Bonchev–Trinajstić information content (AvgIpc) is 2.40. The second-order valence-corrected chi connectivity index (χ2v) is 5.07. The topological polar surface area (TPSA) is 9.23 Å². The van der Waals surface area contributed by atoms with Gasteiger partial charge in [0.05, 0.1) is 0 Å². The second kappa shape index (κ2) is 6.25. The quantitative estimate of drug-likeness (QED) is 0.561. The maximum atomic E-state index is 13.6. The maximum absolute atomic E-state index is 13.6. The second-order valence-electron chi connectivity index (χ2n) is 3.63. The zero-order valence-corrected chi connectivity index (χ0v) is 12.2. The standard InChI is InChI=1S/C14H12BrFOS/c1-18-11-7-5-10(6-8-11)17-14-4-2-3-13(16)12(14)9-15/h2-8H,9H2,1H3. The van der Waals surface area contributed by atoms with Crippen LogP contribution in [-0.4, -0.2) is 6.26 Å². The monoisotopic (exact) mass is 326 g/mol. The van der Waals surface area contributed by atoms with Gasteiger partial charge in [0.2, 0.25) is 0 Å². The summed E-state index contributed by atoms with van der Waals surface area (Å²) in [5.74, 6) is 0.995. The van der Waals surface area contributed by atoms with Gasteiger partial charge in [0.25, 0.3) is 0 Å². The Bertz CT molecular complexity index is 528. The molecule has 0 atom stereocenters. The van der Waals surface area contributed by atoms with Gasteiger partial charge in [0.1, 0.15) is 17.3 Å². The zero-order valence-electron chi connectivity index (χ0n) is 9.82. The summed E-state index contributed by atoms with van der Waals surface area (Å²) in [7, 11) is 0. The van der Waals surface area contributed by atoms with Gasteiger partial charge in [0.15, 0.2) is 0 Å². The molecule has 0 aliphatic rings. The van der Waals surface area contributed by atoms with Gasteiger partial charge in [-0.2, -0.15) is 0 Å². The molecule has 2 aromatic carbocycles. The molecule has 4 heteroatoms. The minimum absolute atomic E-state index is 0.259. The molecule has 0 N–H and O–H groups in total. The van der Waals surface area contributed by atoms with E-state index in [0.717, 1.165) is 0 Å². The highest BCUT2D eigenvalue weighted by Crippen LogP contribution is 2.29. The predicted octanol–water partition coefficient (Wildman–Crippen LogP) is 5.23. The number of rotatable bonds is 4. The molecule has 0 saturated carbocycles. The summed E-state index contributed by atoms with van der Waals surface area (Å²) in [5, 5.41) is 0.428. The predicted molar refractivity (Wildman–Crippen MR) is 77.3 cm³/mol. The molecule has 94 valence electrons. The highest BCUT2D eigenvalue weighted by Gasteiger charge is 2.08. The summed E-state index contributed by atoms with van der Waals surface area (Å²) in [6.45, 7) is 0. The van der Waals surface area contributed by atoms with Crippen LogP contribution in [0.5, 0.6) is 11.5 Å². The van der Waals surface area contributed by atoms with Crippen molar-refractivity contribution >= 4 is 27.7 Å². The number of benzene rings is 2. The fraction of sp³-hybridized carbons (Fsp3) is 0.143. The maximum Gasteiger partial charge on any atom is 0.134 e. The van der Waals surface area contributed by atoms with E-state index in [1.807, 2.05) is 30.5 Å². The first kappa shape index (κ1) is 13.4. The molecule has 0 unspecified atom stereocenters. The lowest BCUT2D eigenvalue weighted by Crippen LogP contribution is -1.92. The first-order chi connectivity index (χ1) is 8.74. The highest BCUT2D eigenvalue weighted by atomic mass is 79.9. The van der Waals surface area contributed by atoms with E-state index in [0.29, 0.717) is 22.4 Å². The molecule has 0 amide bonds. The van der Waals surface area contributed by atoms with E-state index in [-0.39, 0.29) is 5.82 Å². The molecule has 18 heavy (non-hydrogen) atoms. The number of ether oxygens (including phenoxy) is 1. The van der Waals surface area contributed by atoms with Crippen molar-refractivity contribution in [3.8, 4) is 11.5 Å². The van der Waals surface area contributed by atoms with Gasteiger partial charge in [-0.3, -0.25) is 0 Å². The van der Waals surface area contributed by atoms with Crippen LogP contribution in [0.15, 0.2) is 47.4 Å². The lowest BCUT2D eigenvalue weighted by Gasteiger charge is -2.10. The molecule has 0 fully saturated rings. The Labute approximate surface area is 118 Å². The van der Waals surface area contributed by atoms with E-state index < -0.39 is 0 Å². The van der Waals surface area contributed by atoms with Crippen molar-refractivity contribution < 1.29 is 9.13 Å². The van der Waals surface area contributed by atoms with Crippen molar-refractivity contribution in [1.29, 1.82) is 0 Å². The van der Waals surface area contributed by atoms with Crippen molar-refractivity contribution in [3.63, 3.8) is 0 Å². The number of thioether (sulfide) groups is 1. The summed E-state index contributed by atoms with van der Waals surface area (Å²) in [6.07, 6.45) is 2.02. The van der Waals surface area contributed by atoms with Gasteiger partial charge in [0, 0.05) is 15.8 Å². The molecule has 0 aromatic heterocycles. The normalized spacial score (nSPS) is 10.4. The molecule has 0 radical (unpaired) electrons. The number of hydrogen-bond acceptors (Lipinski definition) is 2. The minimum Gasteiger partial charge on any atom is -0.457 e. The van der Waals surface area contributed by atoms with Crippen molar-refractivity contribution in [2.75, 3.05) is 6.26 Å². The van der Waals surface area contributed by atoms with Crippen LogP contribution in [-0.2, 0) is 5.33 Å². The van der Waals surface area contributed by atoms with Crippen molar-refractivity contribution in [3.05, 3.63) is 53.8 Å². The number of alkyl halides is 1. The Kier molecular flexibility index (Phi) is 4.66. The largest absolute Gasteiger partial charge is 0.457 e. The van der Waals surface area contributed by atoms with Gasteiger partial charge in [-0.05, 0) is 42.7 Å². The SMILES string of the molecule is CSc1ccc(Oc2cccc(F)c2CBr)cc1. The molecule has 2 aromatic rings. The minimum atomic E-state index is -0.259. The molecule has 0 saturated heterocycles. The smallest absolute Gasteiger partial charge is 0.134 e. The van der Waals surface area contributed by atoms with Gasteiger partial charge >= 0.3 is 0 Å². The Morgan fingerprint density at radius 1 is 1.17 bits per heavy atom. The third-order valence-corrected chi connectivity index (χ3v) is 3.80. The number of halogens is 2. The van der Waals surface area contributed by atoms with Crippen molar-refractivity contribution in [2.24, 2.45) is 0 Å². The summed E-state index contributed by atoms with van der Waals surface area (Å²) in [5.41, 5.74) is 0.534. The first-order valence-corrected chi connectivity index (χ1v) is 7.74. The summed E-state index contributed by atoms with van der Waals surface area (Å²) < 4.78 is 19.3. The van der Waals surface area contributed by atoms with Gasteiger partial charge in [-0.25, -0.2) is 4.39 Å². The highest BCUT2D eigenvalue weighted by molar-refractivity contribution is 9.08. The van der Waals surface area contributed by atoms with E-state index >= 15 is 0 Å². The van der Waals surface area contributed by atoms with Crippen LogP contribution in [0, 0.1) is 5.82 Å². The third kappa shape index (κ3) is 3.06. The molecule has 0 heterocycles. The van der Waals surface area contributed by atoms with E-state index in [2.05, 4.69) is 15.9 Å². The van der Waals surface area contributed by atoms with Crippen LogP contribution >= 0.6 is 27.7 Å². The van der Waals surface area contributed by atoms with E-state index in [9.17, 15) is 4.39 Å². The zero-order chi connectivity index (χ0) is 13.0. The van der Waals surface area contributed by atoms with E-state index in [4.69, 9.17) is 4.74 Å². The first-order valence-electron chi connectivity index (χ1n) is 5.40. The van der Waals surface area contributed by atoms with Crippen molar-refractivity contribution in [2.45, 2.75) is 10.2 Å². The molecular weight excluding hydrogens is 315 g/mol. The van der Waals surface area contributed by atoms with Crippen LogP contribution < -0.4 is 4.74 Å². The molecule has 0 spiro atoms. The summed E-state index contributed by atoms with van der Waals surface area (Å²) in [4.78, 5) is 1.17. The fourth-order valence-electron chi connectivity index (χ4n) is 1.53. The van der Waals surface area contributed by atoms with Crippen molar-refractivity contribution in [1.82, 2.24) is 0 Å². The molecule has 0 aliphatic heterocycles. The summed E-state index contributed by atoms with van der Waals surface area (Å²) in [6, 6.07) is 12.6. The van der Waals surface area contributed by atoms with Crippen LogP contribution in [0.25, 0.3) is 0 Å². The molecular formula is C14H12BrFOS. The Balaban J connectivity index is 2.25. The van der Waals surface area contributed by atoms with Crippen LogP contribution in [0.3, 0.4) is 0 Å². The third-order valence-electron chi connectivity index (χ3n) is 2.50. The van der Waals surface area contributed by atoms with Crippen LogP contribution in [0.1, 0.15) is 5.56 Å². The van der Waals surface area contributed by atoms with Gasteiger partial charge in [-0.15, -0.1) is 11.8 Å². The summed E-state index contributed by atoms with van der Waals surface area (Å²) >= 11 is 4.94. The Morgan fingerprint density at radius 3 is 2.50 bits per heavy atom. The molecule has 2 rings (SSSR count).